The van der Waals surface area contributed by atoms with Gasteiger partial charge in [0.1, 0.15) is 7.11 Å². The Labute approximate surface area is 55.5 Å². The van der Waals surface area contributed by atoms with Crippen molar-refractivity contribution in [2.45, 2.75) is 20.8 Å². The van der Waals surface area contributed by atoms with Crippen LogP contribution in [0.4, 0.5) is 0 Å². The first-order valence-corrected chi connectivity index (χ1v) is 2.70. The number of carbonyl (C=O) groups is 1. The largest absolute Gasteiger partial charge is 0.459 e. The Kier molecular flexibility index (Phi) is 2.99. The number of hydrogen-bond acceptors (Lipinski definition) is 2. The first kappa shape index (κ1) is 8.21. The third kappa shape index (κ3) is 2.31. The molecule has 0 unspecified atom stereocenters. The zero-order chi connectivity index (χ0) is 7.44. The highest BCUT2D eigenvalue weighted by molar-refractivity contribution is 5.88. The molecule has 2 nitrogen and oxygen atoms in total. The third-order valence-electron chi connectivity index (χ3n) is 1.19. The maximum absolute atomic E-state index is 10.6. The summed E-state index contributed by atoms with van der Waals surface area (Å²) in [5.41, 5.74) is 1.59. The molecule has 0 aliphatic heterocycles. The van der Waals surface area contributed by atoms with E-state index in [4.69, 9.17) is 0 Å². The molecule has 0 aromatic carbocycles. The third-order valence-corrected chi connectivity index (χ3v) is 1.19. The molecule has 9 heavy (non-hydrogen) atoms. The summed E-state index contributed by atoms with van der Waals surface area (Å²) in [5, 5.41) is 0. The van der Waals surface area contributed by atoms with Gasteiger partial charge in [0.15, 0.2) is 0 Å². The minimum Gasteiger partial charge on any atom is -0.459 e. The first-order valence-electron chi connectivity index (χ1n) is 2.70. The van der Waals surface area contributed by atoms with E-state index < -0.39 is 0 Å². The summed E-state index contributed by atoms with van der Waals surface area (Å²) < 4.78 is 4.23. The van der Waals surface area contributed by atoms with Crippen molar-refractivity contribution in [3.63, 3.8) is 0 Å². The van der Waals surface area contributed by atoms with E-state index in [0.717, 1.165) is 5.57 Å². The number of allylic oxidation sites excluding steroid dienone is 1. The quantitative estimate of drug-likeness (QED) is 0.395. The van der Waals surface area contributed by atoms with Crippen molar-refractivity contribution >= 4 is 5.97 Å². The molecule has 0 fully saturated rings. The van der Waals surface area contributed by atoms with E-state index in [1.54, 1.807) is 6.92 Å². The highest BCUT2D eigenvalue weighted by atomic mass is 16.5. The summed E-state index contributed by atoms with van der Waals surface area (Å²) in [6.07, 6.45) is 0. The molecule has 0 saturated heterocycles. The highest BCUT2D eigenvalue weighted by Crippen LogP contribution is 2.02. The lowest BCUT2D eigenvalue weighted by Crippen LogP contribution is -2.01. The maximum Gasteiger partial charge on any atom is 0.333 e. The molecule has 0 saturated carbocycles. The van der Waals surface area contributed by atoms with E-state index in [1.165, 1.54) is 0 Å². The van der Waals surface area contributed by atoms with Gasteiger partial charge in [0.25, 0.3) is 0 Å². The van der Waals surface area contributed by atoms with Crippen LogP contribution in [0.2, 0.25) is 0 Å². The molecule has 0 N–H and O–H groups in total. The number of hydrogen-bond donors (Lipinski definition) is 0. The number of ether oxygens (including phenoxy) is 1. The molecule has 0 aliphatic carbocycles. The molecule has 2 heteroatoms. The summed E-state index contributed by atoms with van der Waals surface area (Å²) in [6.45, 7) is 5.42. The van der Waals surface area contributed by atoms with Gasteiger partial charge in [-0.3, -0.25) is 0 Å². The summed E-state index contributed by atoms with van der Waals surface area (Å²) in [5.74, 6) is -0.352. The summed E-state index contributed by atoms with van der Waals surface area (Å²) in [7, 11) is 3.01. The second kappa shape index (κ2) is 3.28. The van der Waals surface area contributed by atoms with Crippen LogP contribution in [0.25, 0.3) is 0 Å². The molecule has 0 bridgehead atoms. The normalized spacial score (nSPS) is 8.44. The first-order chi connectivity index (χ1) is 4.09. The molecule has 0 aromatic rings. The van der Waals surface area contributed by atoms with Crippen LogP contribution < -0.4 is 0 Å². The van der Waals surface area contributed by atoms with Gasteiger partial charge in [-0.1, -0.05) is 5.57 Å². The Morgan fingerprint density at radius 2 is 1.78 bits per heavy atom. The van der Waals surface area contributed by atoms with Gasteiger partial charge in [0.05, 0.1) is 0 Å². The Morgan fingerprint density at radius 3 is 1.89 bits per heavy atom. The predicted molar refractivity (Wildman–Crippen MR) is 35.5 cm³/mol. The van der Waals surface area contributed by atoms with Gasteiger partial charge in [0.2, 0.25) is 0 Å². The zero-order valence-corrected chi connectivity index (χ0v) is 6.02. The van der Waals surface area contributed by atoms with Gasteiger partial charge < -0.3 is 4.74 Å². The molecule has 1 radical (unpaired) electrons. The standard InChI is InChI=1S/C7H11O2/c1-5(2)6(3)7(8)9-4/h4H2,1-3H3. The minimum atomic E-state index is -0.352. The zero-order valence-electron chi connectivity index (χ0n) is 6.02. The Balaban J connectivity index is 4.21. The van der Waals surface area contributed by atoms with Crippen molar-refractivity contribution in [2.24, 2.45) is 0 Å². The van der Waals surface area contributed by atoms with Gasteiger partial charge in [-0.05, 0) is 20.8 Å². The molecule has 0 atom stereocenters. The molecule has 0 spiro atoms. The van der Waals surface area contributed by atoms with Crippen LogP contribution in [0, 0.1) is 7.11 Å². The van der Waals surface area contributed by atoms with E-state index in [9.17, 15) is 4.79 Å². The summed E-state index contributed by atoms with van der Waals surface area (Å²) in [4.78, 5) is 10.6. The average molecular weight is 127 g/mol. The van der Waals surface area contributed by atoms with Gasteiger partial charge in [-0.25, -0.2) is 4.79 Å². The Bertz CT molecular complexity index is 141. The second-order valence-electron chi connectivity index (χ2n) is 2.06. The van der Waals surface area contributed by atoms with Crippen LogP contribution in [-0.2, 0) is 9.53 Å². The molecule has 0 amide bonds. The fourth-order valence-electron chi connectivity index (χ4n) is 0.312. The van der Waals surface area contributed by atoms with Crippen LogP contribution in [0.1, 0.15) is 20.8 Å². The lowest BCUT2D eigenvalue weighted by atomic mass is 10.2. The van der Waals surface area contributed by atoms with E-state index in [1.807, 2.05) is 13.8 Å². The molecular weight excluding hydrogens is 116 g/mol. The number of esters is 1. The Hall–Kier alpha value is -0.790. The van der Waals surface area contributed by atoms with E-state index >= 15 is 0 Å². The lowest BCUT2D eigenvalue weighted by molar-refractivity contribution is -0.134. The van der Waals surface area contributed by atoms with Crippen molar-refractivity contribution < 1.29 is 9.53 Å². The van der Waals surface area contributed by atoms with Crippen molar-refractivity contribution in [3.05, 3.63) is 18.3 Å². The Morgan fingerprint density at radius 1 is 1.33 bits per heavy atom. The summed E-state index contributed by atoms with van der Waals surface area (Å²) in [6, 6.07) is 0. The fraction of sp³-hybridized carbons (Fsp3) is 0.429. The lowest BCUT2D eigenvalue weighted by Gasteiger charge is -1.98. The number of carbonyl (C=O) groups excluding carboxylic acids is 1. The summed E-state index contributed by atoms with van der Waals surface area (Å²) >= 11 is 0. The fourth-order valence-corrected chi connectivity index (χ4v) is 0.312. The highest BCUT2D eigenvalue weighted by Gasteiger charge is 2.02. The van der Waals surface area contributed by atoms with E-state index in [0.29, 0.717) is 5.57 Å². The molecule has 51 valence electrons. The van der Waals surface area contributed by atoms with E-state index in [-0.39, 0.29) is 5.97 Å². The molecule has 0 heterocycles. The predicted octanol–water partition coefficient (Wildman–Crippen LogP) is 1.68. The van der Waals surface area contributed by atoms with Crippen molar-refractivity contribution in [1.82, 2.24) is 0 Å². The van der Waals surface area contributed by atoms with Crippen LogP contribution in [-0.4, -0.2) is 5.97 Å². The van der Waals surface area contributed by atoms with Gasteiger partial charge >= 0.3 is 5.97 Å². The topological polar surface area (TPSA) is 26.3 Å². The number of rotatable bonds is 1. The van der Waals surface area contributed by atoms with Gasteiger partial charge in [-0.15, -0.1) is 0 Å². The molecular formula is C7H11O2. The smallest absolute Gasteiger partial charge is 0.333 e. The molecule has 0 aliphatic rings. The van der Waals surface area contributed by atoms with Crippen molar-refractivity contribution in [2.75, 3.05) is 0 Å². The maximum atomic E-state index is 10.6. The van der Waals surface area contributed by atoms with Crippen molar-refractivity contribution in [3.8, 4) is 0 Å². The van der Waals surface area contributed by atoms with Crippen LogP contribution in [0.15, 0.2) is 11.1 Å². The van der Waals surface area contributed by atoms with E-state index in [2.05, 4.69) is 11.8 Å². The molecule has 0 aromatic heterocycles. The van der Waals surface area contributed by atoms with Crippen LogP contribution >= 0.6 is 0 Å². The molecule has 0 rings (SSSR count). The van der Waals surface area contributed by atoms with Crippen LogP contribution in [0.3, 0.4) is 0 Å². The monoisotopic (exact) mass is 127 g/mol. The minimum absolute atomic E-state index is 0.352. The van der Waals surface area contributed by atoms with Gasteiger partial charge in [0, 0.05) is 5.57 Å². The second-order valence-corrected chi connectivity index (χ2v) is 2.06. The SMILES string of the molecule is [CH2]OC(=O)C(C)=C(C)C. The average Bonchev–Trinajstić information content (AvgIpc) is 1.84. The van der Waals surface area contributed by atoms with Gasteiger partial charge in [-0.2, -0.15) is 0 Å². The van der Waals surface area contributed by atoms with Crippen molar-refractivity contribution in [1.29, 1.82) is 0 Å². The van der Waals surface area contributed by atoms with Crippen LogP contribution in [0.5, 0.6) is 0 Å².